The van der Waals surface area contributed by atoms with Gasteiger partial charge in [-0.25, -0.2) is 0 Å². The molecule has 1 atom stereocenters. The van der Waals surface area contributed by atoms with E-state index in [1.54, 1.807) is 0 Å². The van der Waals surface area contributed by atoms with Crippen molar-refractivity contribution < 1.29 is 14.7 Å². The Morgan fingerprint density at radius 1 is 1.38 bits per heavy atom. The van der Waals surface area contributed by atoms with Gasteiger partial charge >= 0.3 is 5.97 Å². The van der Waals surface area contributed by atoms with E-state index in [0.29, 0.717) is 0 Å². The van der Waals surface area contributed by atoms with Crippen LogP contribution in [0.25, 0.3) is 0 Å². The molecule has 3 N–H and O–H groups in total. The number of amides is 1. The van der Waals surface area contributed by atoms with E-state index in [2.05, 4.69) is 10.6 Å². The van der Waals surface area contributed by atoms with Gasteiger partial charge in [0, 0.05) is 13.1 Å². The molecule has 5 heteroatoms. The van der Waals surface area contributed by atoms with E-state index < -0.39 is 12.0 Å². The van der Waals surface area contributed by atoms with Crippen molar-refractivity contribution in [1.82, 2.24) is 10.6 Å². The first-order chi connectivity index (χ1) is 5.97. The molecular formula is C8H16N2O3. The van der Waals surface area contributed by atoms with Crippen LogP contribution in [-0.2, 0) is 9.59 Å². The van der Waals surface area contributed by atoms with E-state index in [1.807, 2.05) is 13.8 Å². The van der Waals surface area contributed by atoms with Gasteiger partial charge in [0.1, 0.15) is 6.04 Å². The second kappa shape index (κ2) is 5.53. The lowest BCUT2D eigenvalue weighted by atomic mass is 10.2. The molecule has 0 radical (unpaired) electrons. The van der Waals surface area contributed by atoms with Crippen LogP contribution >= 0.6 is 0 Å². The SMILES string of the molecule is CNC(=O)CC(NC(C)C)C(=O)O. The number of carboxylic acid groups (broad SMARTS) is 1. The van der Waals surface area contributed by atoms with Gasteiger partial charge in [0.15, 0.2) is 0 Å². The van der Waals surface area contributed by atoms with Crippen molar-refractivity contribution in [1.29, 1.82) is 0 Å². The zero-order valence-electron chi connectivity index (χ0n) is 8.13. The number of carbonyl (C=O) groups is 2. The van der Waals surface area contributed by atoms with Crippen LogP contribution in [0, 0.1) is 0 Å². The predicted molar refractivity (Wildman–Crippen MR) is 48.4 cm³/mol. The smallest absolute Gasteiger partial charge is 0.321 e. The van der Waals surface area contributed by atoms with E-state index in [9.17, 15) is 9.59 Å². The highest BCUT2D eigenvalue weighted by Crippen LogP contribution is 1.94. The number of aliphatic carboxylic acids is 1. The van der Waals surface area contributed by atoms with Crippen LogP contribution in [0.4, 0.5) is 0 Å². The van der Waals surface area contributed by atoms with E-state index in [4.69, 9.17) is 5.11 Å². The van der Waals surface area contributed by atoms with Crippen LogP contribution in [0.3, 0.4) is 0 Å². The third-order valence-corrected chi connectivity index (χ3v) is 1.50. The fourth-order valence-electron chi connectivity index (χ4n) is 0.907. The molecule has 0 aromatic carbocycles. The highest BCUT2D eigenvalue weighted by atomic mass is 16.4. The Morgan fingerprint density at radius 3 is 2.23 bits per heavy atom. The molecule has 13 heavy (non-hydrogen) atoms. The second-order valence-electron chi connectivity index (χ2n) is 3.09. The molecule has 0 aromatic rings. The lowest BCUT2D eigenvalue weighted by Gasteiger charge is -2.15. The Kier molecular flexibility index (Phi) is 5.06. The molecule has 5 nitrogen and oxygen atoms in total. The minimum atomic E-state index is -1.00. The number of nitrogens with one attached hydrogen (secondary N) is 2. The van der Waals surface area contributed by atoms with Crippen LogP contribution < -0.4 is 10.6 Å². The van der Waals surface area contributed by atoms with Gasteiger partial charge in [-0.2, -0.15) is 0 Å². The summed E-state index contributed by atoms with van der Waals surface area (Å²) in [6.07, 6.45) is -0.0377. The largest absolute Gasteiger partial charge is 0.480 e. The number of rotatable bonds is 5. The fourth-order valence-corrected chi connectivity index (χ4v) is 0.907. The molecule has 0 fully saturated rings. The molecule has 0 saturated carbocycles. The van der Waals surface area contributed by atoms with Crippen LogP contribution in [0.5, 0.6) is 0 Å². The maximum Gasteiger partial charge on any atom is 0.321 e. The summed E-state index contributed by atoms with van der Waals surface area (Å²) in [5, 5.41) is 13.9. The van der Waals surface area contributed by atoms with Gasteiger partial charge in [0.05, 0.1) is 6.42 Å². The highest BCUT2D eigenvalue weighted by Gasteiger charge is 2.20. The molecule has 76 valence electrons. The second-order valence-corrected chi connectivity index (χ2v) is 3.09. The molecule has 0 heterocycles. The van der Waals surface area contributed by atoms with Crippen molar-refractivity contribution >= 4 is 11.9 Å². The molecule has 0 saturated heterocycles. The molecule has 0 aliphatic rings. The van der Waals surface area contributed by atoms with Crippen molar-refractivity contribution in [3.05, 3.63) is 0 Å². The van der Waals surface area contributed by atoms with Crippen LogP contribution in [0.2, 0.25) is 0 Å². The molecule has 1 amide bonds. The zero-order chi connectivity index (χ0) is 10.4. The van der Waals surface area contributed by atoms with Gasteiger partial charge in [-0.15, -0.1) is 0 Å². The van der Waals surface area contributed by atoms with E-state index in [0.717, 1.165) is 0 Å². The normalized spacial score (nSPS) is 12.6. The highest BCUT2D eigenvalue weighted by molar-refractivity contribution is 5.84. The summed E-state index contributed by atoms with van der Waals surface area (Å²) in [4.78, 5) is 21.5. The van der Waals surface area contributed by atoms with Crippen molar-refractivity contribution in [2.45, 2.75) is 32.4 Å². The fraction of sp³-hybridized carbons (Fsp3) is 0.750. The molecular weight excluding hydrogens is 172 g/mol. The van der Waals surface area contributed by atoms with Gasteiger partial charge in [0.2, 0.25) is 5.91 Å². The Hall–Kier alpha value is -1.10. The minimum Gasteiger partial charge on any atom is -0.480 e. The van der Waals surface area contributed by atoms with Crippen LogP contribution in [-0.4, -0.2) is 36.1 Å². The first-order valence-electron chi connectivity index (χ1n) is 4.16. The standard InChI is InChI=1S/C8H16N2O3/c1-5(2)10-6(8(12)13)4-7(11)9-3/h5-6,10H,4H2,1-3H3,(H,9,11)(H,12,13). The minimum absolute atomic E-state index is 0.0377. The summed E-state index contributed by atoms with van der Waals surface area (Å²) < 4.78 is 0. The van der Waals surface area contributed by atoms with Gasteiger partial charge in [-0.1, -0.05) is 13.8 Å². The monoisotopic (exact) mass is 188 g/mol. The lowest BCUT2D eigenvalue weighted by molar-refractivity contribution is -0.141. The average Bonchev–Trinajstić information content (AvgIpc) is 2.02. The molecule has 0 bridgehead atoms. The lowest BCUT2D eigenvalue weighted by Crippen LogP contribution is -2.43. The third-order valence-electron chi connectivity index (χ3n) is 1.50. The van der Waals surface area contributed by atoms with E-state index >= 15 is 0 Å². The molecule has 0 aromatic heterocycles. The summed E-state index contributed by atoms with van der Waals surface area (Å²) >= 11 is 0. The van der Waals surface area contributed by atoms with Crippen molar-refractivity contribution in [3.63, 3.8) is 0 Å². The summed E-state index contributed by atoms with van der Waals surface area (Å²) in [5.74, 6) is -1.28. The van der Waals surface area contributed by atoms with E-state index in [-0.39, 0.29) is 18.4 Å². The van der Waals surface area contributed by atoms with E-state index in [1.165, 1.54) is 7.05 Å². The van der Waals surface area contributed by atoms with Gasteiger partial charge in [0.25, 0.3) is 0 Å². The molecule has 0 aliphatic heterocycles. The average molecular weight is 188 g/mol. The van der Waals surface area contributed by atoms with Crippen LogP contribution in [0.15, 0.2) is 0 Å². The van der Waals surface area contributed by atoms with Crippen molar-refractivity contribution in [2.24, 2.45) is 0 Å². The molecule has 0 rings (SSSR count). The topological polar surface area (TPSA) is 78.4 Å². The Morgan fingerprint density at radius 2 is 1.92 bits per heavy atom. The number of carboxylic acids is 1. The summed E-state index contributed by atoms with van der Waals surface area (Å²) in [6, 6.07) is -0.759. The summed E-state index contributed by atoms with van der Waals surface area (Å²) in [7, 11) is 1.48. The Labute approximate surface area is 77.5 Å². The molecule has 0 aliphatic carbocycles. The first kappa shape index (κ1) is 11.9. The van der Waals surface area contributed by atoms with Gasteiger partial charge in [-0.05, 0) is 0 Å². The van der Waals surface area contributed by atoms with Gasteiger partial charge in [-0.3, -0.25) is 9.59 Å². The maximum atomic E-state index is 10.9. The quantitative estimate of drug-likeness (QED) is 0.547. The third kappa shape index (κ3) is 5.19. The predicted octanol–water partition coefficient (Wildman–Crippen LogP) is -0.426. The zero-order valence-corrected chi connectivity index (χ0v) is 8.13. The van der Waals surface area contributed by atoms with Crippen LogP contribution in [0.1, 0.15) is 20.3 Å². The number of hydrogen-bond acceptors (Lipinski definition) is 3. The Balaban J connectivity index is 4.10. The first-order valence-corrected chi connectivity index (χ1v) is 4.16. The summed E-state index contributed by atoms with van der Waals surface area (Å²) in [6.45, 7) is 3.67. The molecule has 0 spiro atoms. The van der Waals surface area contributed by atoms with Gasteiger partial charge < -0.3 is 15.7 Å². The van der Waals surface area contributed by atoms with Crippen molar-refractivity contribution in [3.8, 4) is 0 Å². The maximum absolute atomic E-state index is 10.9. The summed E-state index contributed by atoms with van der Waals surface area (Å²) in [5.41, 5.74) is 0. The van der Waals surface area contributed by atoms with Crippen molar-refractivity contribution in [2.75, 3.05) is 7.05 Å². The Bertz CT molecular complexity index is 192. The number of hydrogen-bond donors (Lipinski definition) is 3. The number of carbonyl (C=O) groups excluding carboxylic acids is 1. The molecule has 1 unspecified atom stereocenters.